The topological polar surface area (TPSA) is 115 Å². The first-order valence-corrected chi connectivity index (χ1v) is 5.27. The fourth-order valence-corrected chi connectivity index (χ4v) is 1.34. The Morgan fingerprint density at radius 3 is 2.89 bits per heavy atom. The van der Waals surface area contributed by atoms with E-state index in [0.717, 1.165) is 0 Å². The Kier molecular flexibility index (Phi) is 5.06. The maximum absolute atomic E-state index is 10.9. The molecule has 7 heteroatoms. The average molecular weight is 253 g/mol. The third-order valence-electron chi connectivity index (χ3n) is 2.28. The first-order chi connectivity index (χ1) is 8.52. The number of pyridine rings is 1. The zero-order valence-electron chi connectivity index (χ0n) is 9.92. The number of amides is 1. The molecule has 0 aromatic carbocycles. The third kappa shape index (κ3) is 4.38. The maximum atomic E-state index is 10.9. The third-order valence-corrected chi connectivity index (χ3v) is 2.28. The average Bonchev–Trinajstić information content (AvgIpc) is 2.34. The highest BCUT2D eigenvalue weighted by Gasteiger charge is 2.12. The monoisotopic (exact) mass is 253 g/mol. The lowest BCUT2D eigenvalue weighted by Gasteiger charge is -2.14. The lowest BCUT2D eigenvalue weighted by molar-refractivity contribution is -0.139. The van der Waals surface area contributed by atoms with E-state index in [1.165, 1.54) is 19.4 Å². The van der Waals surface area contributed by atoms with E-state index in [1.807, 2.05) is 0 Å². The van der Waals surface area contributed by atoms with E-state index in [0.29, 0.717) is 12.2 Å². The number of ether oxygens (including phenoxy) is 1. The number of aromatic nitrogens is 1. The Bertz CT molecular complexity index is 436. The van der Waals surface area contributed by atoms with Crippen molar-refractivity contribution < 1.29 is 19.4 Å². The predicted molar refractivity (Wildman–Crippen MR) is 64.3 cm³/mol. The molecule has 0 aliphatic heterocycles. The number of primary amides is 1. The number of carbonyl (C=O) groups excluding carboxylic acids is 1. The minimum absolute atomic E-state index is 0.0999. The molecule has 1 heterocycles. The first-order valence-electron chi connectivity index (χ1n) is 5.27. The highest BCUT2D eigenvalue weighted by Crippen LogP contribution is 2.08. The second-order valence-corrected chi connectivity index (χ2v) is 3.63. The molecular weight excluding hydrogens is 238 g/mol. The van der Waals surface area contributed by atoms with Crippen LogP contribution in [0.4, 0.5) is 5.69 Å². The van der Waals surface area contributed by atoms with Crippen molar-refractivity contribution in [3.8, 4) is 0 Å². The van der Waals surface area contributed by atoms with E-state index < -0.39 is 18.0 Å². The summed E-state index contributed by atoms with van der Waals surface area (Å²) in [6.07, 6.45) is 0.895. The molecule has 0 saturated carbocycles. The molecule has 0 fully saturated rings. The summed E-state index contributed by atoms with van der Waals surface area (Å²) in [6, 6.07) is 3.15. The van der Waals surface area contributed by atoms with Gasteiger partial charge >= 0.3 is 5.97 Å². The summed E-state index contributed by atoms with van der Waals surface area (Å²) < 4.78 is 5.01. The van der Waals surface area contributed by atoms with Crippen molar-refractivity contribution in [1.29, 1.82) is 0 Å². The minimum Gasteiger partial charge on any atom is -0.481 e. The molecule has 0 bridgehead atoms. The molecule has 1 aromatic rings. The molecule has 98 valence electrons. The molecule has 1 amide bonds. The standard InChI is InChI=1S/C11H15N3O4/c1-18-8(5-10(15)16)6-14-7-2-3-13-9(4-7)11(12)17/h2-4,8H,5-6H2,1H3,(H2,12,17)(H,13,14)(H,15,16). The van der Waals surface area contributed by atoms with Crippen LogP contribution in [0.25, 0.3) is 0 Å². The van der Waals surface area contributed by atoms with Gasteiger partial charge in [-0.2, -0.15) is 0 Å². The Hall–Kier alpha value is -2.15. The fraction of sp³-hybridized carbons (Fsp3) is 0.364. The molecule has 7 nitrogen and oxygen atoms in total. The quantitative estimate of drug-likeness (QED) is 0.634. The van der Waals surface area contributed by atoms with Crippen molar-refractivity contribution in [1.82, 2.24) is 4.98 Å². The first kappa shape index (κ1) is 13.9. The van der Waals surface area contributed by atoms with Crippen LogP contribution in [0.5, 0.6) is 0 Å². The summed E-state index contributed by atoms with van der Waals surface area (Å²) >= 11 is 0. The molecule has 0 radical (unpaired) electrons. The second kappa shape index (κ2) is 6.55. The van der Waals surface area contributed by atoms with Crippen LogP contribution in [0.2, 0.25) is 0 Å². The summed E-state index contributed by atoms with van der Waals surface area (Å²) in [4.78, 5) is 25.3. The number of nitrogens with zero attached hydrogens (tertiary/aromatic N) is 1. The number of nitrogens with two attached hydrogens (primary N) is 1. The van der Waals surface area contributed by atoms with E-state index in [2.05, 4.69) is 10.3 Å². The minimum atomic E-state index is -0.934. The Labute approximate surface area is 104 Å². The summed E-state index contributed by atoms with van der Waals surface area (Å²) in [7, 11) is 1.44. The van der Waals surface area contributed by atoms with Crippen molar-refractivity contribution in [2.24, 2.45) is 5.73 Å². The van der Waals surface area contributed by atoms with Gasteiger partial charge in [-0.3, -0.25) is 14.6 Å². The predicted octanol–water partition coefficient (Wildman–Crippen LogP) is 0.0821. The van der Waals surface area contributed by atoms with Crippen molar-refractivity contribution in [3.63, 3.8) is 0 Å². The highest BCUT2D eigenvalue weighted by molar-refractivity contribution is 5.91. The van der Waals surface area contributed by atoms with Crippen LogP contribution in [0.3, 0.4) is 0 Å². The maximum Gasteiger partial charge on any atom is 0.306 e. The van der Waals surface area contributed by atoms with Gasteiger partial charge in [0.1, 0.15) is 5.69 Å². The summed E-state index contributed by atoms with van der Waals surface area (Å²) in [6.45, 7) is 0.311. The van der Waals surface area contributed by atoms with Gasteiger partial charge in [0.15, 0.2) is 0 Å². The van der Waals surface area contributed by atoms with Gasteiger partial charge in [-0.1, -0.05) is 0 Å². The molecule has 4 N–H and O–H groups in total. The fourth-order valence-electron chi connectivity index (χ4n) is 1.34. The molecule has 0 aliphatic carbocycles. The summed E-state index contributed by atoms with van der Waals surface area (Å²) in [5, 5.41) is 11.6. The van der Waals surface area contributed by atoms with E-state index >= 15 is 0 Å². The highest BCUT2D eigenvalue weighted by atomic mass is 16.5. The number of carbonyl (C=O) groups is 2. The number of methoxy groups -OCH3 is 1. The number of carboxylic acids is 1. The van der Waals surface area contributed by atoms with Gasteiger partial charge in [-0.25, -0.2) is 0 Å². The van der Waals surface area contributed by atoms with Crippen LogP contribution >= 0.6 is 0 Å². The van der Waals surface area contributed by atoms with Gasteiger partial charge in [-0.15, -0.1) is 0 Å². The van der Waals surface area contributed by atoms with Crippen LogP contribution in [0.1, 0.15) is 16.9 Å². The number of nitrogens with one attached hydrogen (secondary N) is 1. The van der Waals surface area contributed by atoms with Crippen LogP contribution in [0, 0.1) is 0 Å². The number of rotatable bonds is 7. The molecule has 0 spiro atoms. The Morgan fingerprint density at radius 1 is 1.61 bits per heavy atom. The Balaban J connectivity index is 2.59. The second-order valence-electron chi connectivity index (χ2n) is 3.63. The zero-order valence-corrected chi connectivity index (χ0v) is 9.92. The van der Waals surface area contributed by atoms with E-state index in [1.54, 1.807) is 6.07 Å². The normalized spacial score (nSPS) is 11.8. The van der Waals surface area contributed by atoms with Crippen LogP contribution < -0.4 is 11.1 Å². The van der Waals surface area contributed by atoms with Gasteiger partial charge in [0.25, 0.3) is 5.91 Å². The van der Waals surface area contributed by atoms with E-state index in [-0.39, 0.29) is 12.1 Å². The van der Waals surface area contributed by atoms with Crippen molar-refractivity contribution in [2.75, 3.05) is 19.0 Å². The van der Waals surface area contributed by atoms with Crippen molar-refractivity contribution in [2.45, 2.75) is 12.5 Å². The SMILES string of the molecule is COC(CNc1ccnc(C(N)=O)c1)CC(=O)O. The van der Waals surface area contributed by atoms with Crippen LogP contribution in [-0.2, 0) is 9.53 Å². The number of aliphatic carboxylic acids is 1. The molecular formula is C11H15N3O4. The number of hydrogen-bond donors (Lipinski definition) is 3. The largest absolute Gasteiger partial charge is 0.481 e. The smallest absolute Gasteiger partial charge is 0.306 e. The Morgan fingerprint density at radius 2 is 2.33 bits per heavy atom. The molecule has 1 rings (SSSR count). The molecule has 0 saturated heterocycles. The number of carboxylic acid groups (broad SMARTS) is 1. The van der Waals surface area contributed by atoms with Gasteiger partial charge < -0.3 is 20.9 Å². The summed E-state index contributed by atoms with van der Waals surface area (Å²) in [5.74, 6) is -1.55. The summed E-state index contributed by atoms with van der Waals surface area (Å²) in [5.41, 5.74) is 5.88. The van der Waals surface area contributed by atoms with E-state index in [9.17, 15) is 9.59 Å². The van der Waals surface area contributed by atoms with Gasteiger partial charge in [0, 0.05) is 25.5 Å². The molecule has 1 unspecified atom stereocenters. The lowest BCUT2D eigenvalue weighted by atomic mass is 10.2. The van der Waals surface area contributed by atoms with E-state index in [4.69, 9.17) is 15.6 Å². The van der Waals surface area contributed by atoms with Crippen LogP contribution in [-0.4, -0.2) is 41.7 Å². The number of hydrogen-bond acceptors (Lipinski definition) is 5. The van der Waals surface area contributed by atoms with Crippen molar-refractivity contribution in [3.05, 3.63) is 24.0 Å². The number of anilines is 1. The van der Waals surface area contributed by atoms with Gasteiger partial charge in [-0.05, 0) is 12.1 Å². The van der Waals surface area contributed by atoms with Gasteiger partial charge in [0.2, 0.25) is 0 Å². The molecule has 1 aromatic heterocycles. The molecule has 1 atom stereocenters. The van der Waals surface area contributed by atoms with Crippen LogP contribution in [0.15, 0.2) is 18.3 Å². The van der Waals surface area contributed by atoms with Gasteiger partial charge in [0.05, 0.1) is 12.5 Å². The lowest BCUT2D eigenvalue weighted by Crippen LogP contribution is -2.25. The molecule has 0 aliphatic rings. The zero-order chi connectivity index (χ0) is 13.5. The van der Waals surface area contributed by atoms with Crippen molar-refractivity contribution >= 4 is 17.6 Å². The molecule has 18 heavy (non-hydrogen) atoms.